The van der Waals surface area contributed by atoms with Crippen LogP contribution in [0.1, 0.15) is 28.2 Å². The van der Waals surface area contributed by atoms with Gasteiger partial charge in [-0.2, -0.15) is 0 Å². The van der Waals surface area contributed by atoms with Crippen molar-refractivity contribution in [3.05, 3.63) is 52.3 Å². The molecule has 0 spiro atoms. The summed E-state index contributed by atoms with van der Waals surface area (Å²) in [6.07, 6.45) is -3.78. The number of carboxylic acid groups (broad SMARTS) is 1. The quantitative estimate of drug-likeness (QED) is 0.816. The number of hydrogen-bond donors (Lipinski definition) is 2. The molecule has 0 fully saturated rings. The monoisotopic (exact) mass is 370 g/mol. The fourth-order valence-electron chi connectivity index (χ4n) is 2.62. The topological polar surface area (TPSA) is 71.3 Å². The molecule has 0 aliphatic heterocycles. The Balaban J connectivity index is 2.31. The molecule has 0 aliphatic carbocycles. The Kier molecular flexibility index (Phi) is 5.79. The van der Waals surface area contributed by atoms with Gasteiger partial charge in [-0.3, -0.25) is 4.79 Å². The van der Waals surface area contributed by atoms with Crippen molar-refractivity contribution in [1.29, 1.82) is 0 Å². The highest BCUT2D eigenvalue weighted by molar-refractivity contribution is 6.30. The minimum atomic E-state index is -2.83. The minimum absolute atomic E-state index is 0.230. The largest absolute Gasteiger partial charge is 0.480 e. The molecule has 25 heavy (non-hydrogen) atoms. The molecular weight excluding hydrogens is 354 g/mol. The molecule has 2 rings (SSSR count). The Labute approximate surface area is 148 Å². The first-order chi connectivity index (χ1) is 11.7. The fraction of sp³-hybridized carbons (Fsp3) is 0.294. The van der Waals surface area contributed by atoms with Gasteiger partial charge in [-0.1, -0.05) is 11.6 Å². The van der Waals surface area contributed by atoms with E-state index < -0.39 is 30.8 Å². The number of alkyl halides is 2. The summed E-state index contributed by atoms with van der Waals surface area (Å²) in [6.45, 7) is 3.48. The van der Waals surface area contributed by atoms with E-state index in [4.69, 9.17) is 16.7 Å². The highest BCUT2D eigenvalue weighted by Crippen LogP contribution is 2.22. The van der Waals surface area contributed by atoms with Crippen molar-refractivity contribution in [3.8, 4) is 5.69 Å². The van der Waals surface area contributed by atoms with Crippen LogP contribution in [0.15, 0.2) is 30.3 Å². The van der Waals surface area contributed by atoms with Crippen LogP contribution in [0.4, 0.5) is 8.78 Å². The van der Waals surface area contributed by atoms with E-state index in [1.807, 2.05) is 0 Å². The maximum Gasteiger partial charge on any atom is 0.326 e. The van der Waals surface area contributed by atoms with Crippen molar-refractivity contribution < 1.29 is 23.5 Å². The normalized spacial score (nSPS) is 12.2. The van der Waals surface area contributed by atoms with E-state index >= 15 is 0 Å². The Morgan fingerprint density at radius 3 is 2.36 bits per heavy atom. The smallest absolute Gasteiger partial charge is 0.326 e. The lowest BCUT2D eigenvalue weighted by Crippen LogP contribution is -2.42. The molecule has 0 aliphatic rings. The van der Waals surface area contributed by atoms with Gasteiger partial charge in [0.1, 0.15) is 6.04 Å². The SMILES string of the molecule is Cc1cc(C(=O)NC(CC(F)F)C(=O)O)c(C)n1-c1ccc(Cl)cc1. The van der Waals surface area contributed by atoms with Crippen LogP contribution in [0.5, 0.6) is 0 Å². The molecule has 2 aromatic rings. The number of aliphatic carboxylic acids is 1. The number of halogens is 3. The van der Waals surface area contributed by atoms with E-state index in [9.17, 15) is 18.4 Å². The van der Waals surface area contributed by atoms with E-state index in [1.54, 1.807) is 48.7 Å². The van der Waals surface area contributed by atoms with Gasteiger partial charge < -0.3 is 15.0 Å². The summed E-state index contributed by atoms with van der Waals surface area (Å²) >= 11 is 5.87. The highest BCUT2D eigenvalue weighted by atomic mass is 35.5. The predicted molar refractivity (Wildman–Crippen MR) is 89.8 cm³/mol. The number of benzene rings is 1. The number of rotatable bonds is 6. The van der Waals surface area contributed by atoms with Gasteiger partial charge in [-0.05, 0) is 44.2 Å². The molecule has 1 heterocycles. The Bertz CT molecular complexity index is 788. The number of carbonyl (C=O) groups excluding carboxylic acids is 1. The van der Waals surface area contributed by atoms with E-state index in [0.29, 0.717) is 10.7 Å². The molecule has 8 heteroatoms. The molecule has 1 aromatic heterocycles. The average molecular weight is 371 g/mol. The highest BCUT2D eigenvalue weighted by Gasteiger charge is 2.26. The summed E-state index contributed by atoms with van der Waals surface area (Å²) in [7, 11) is 0. The summed E-state index contributed by atoms with van der Waals surface area (Å²) in [5.74, 6) is -2.21. The van der Waals surface area contributed by atoms with Gasteiger partial charge in [0, 0.05) is 28.5 Å². The van der Waals surface area contributed by atoms with Crippen LogP contribution in [0.25, 0.3) is 5.69 Å². The second-order valence-electron chi connectivity index (χ2n) is 5.59. The zero-order valence-corrected chi connectivity index (χ0v) is 14.3. The molecule has 1 aromatic carbocycles. The van der Waals surface area contributed by atoms with Gasteiger partial charge >= 0.3 is 5.97 Å². The molecule has 0 radical (unpaired) electrons. The zero-order valence-electron chi connectivity index (χ0n) is 13.6. The molecule has 1 unspecified atom stereocenters. The Morgan fingerprint density at radius 2 is 1.84 bits per heavy atom. The second-order valence-corrected chi connectivity index (χ2v) is 6.02. The number of carboxylic acids is 1. The average Bonchev–Trinajstić information content (AvgIpc) is 2.82. The third kappa shape index (κ3) is 4.36. The van der Waals surface area contributed by atoms with Gasteiger partial charge in [0.05, 0.1) is 5.56 Å². The predicted octanol–water partition coefficient (Wildman–Crippen LogP) is 3.59. The third-order valence-corrected chi connectivity index (χ3v) is 4.03. The first-order valence-corrected chi connectivity index (χ1v) is 7.85. The molecule has 0 bridgehead atoms. The van der Waals surface area contributed by atoms with Gasteiger partial charge in [0.15, 0.2) is 0 Å². The molecule has 1 amide bonds. The van der Waals surface area contributed by atoms with Crippen molar-refractivity contribution in [2.75, 3.05) is 0 Å². The number of aryl methyl sites for hydroxylation is 1. The van der Waals surface area contributed by atoms with Crippen LogP contribution in [0, 0.1) is 13.8 Å². The third-order valence-electron chi connectivity index (χ3n) is 3.78. The second kappa shape index (κ2) is 7.65. The van der Waals surface area contributed by atoms with Crippen molar-refractivity contribution in [2.45, 2.75) is 32.7 Å². The van der Waals surface area contributed by atoms with Crippen LogP contribution in [-0.2, 0) is 4.79 Å². The number of amides is 1. The van der Waals surface area contributed by atoms with Crippen molar-refractivity contribution in [3.63, 3.8) is 0 Å². The first kappa shape index (κ1) is 18.9. The summed E-state index contributed by atoms with van der Waals surface area (Å²) in [5.41, 5.74) is 2.32. The zero-order chi connectivity index (χ0) is 18.7. The Hall–Kier alpha value is -2.41. The molecule has 2 N–H and O–H groups in total. The maximum absolute atomic E-state index is 12.5. The number of nitrogens with one attached hydrogen (secondary N) is 1. The lowest BCUT2D eigenvalue weighted by molar-refractivity contribution is -0.140. The maximum atomic E-state index is 12.5. The van der Waals surface area contributed by atoms with Gasteiger partial charge in [0.2, 0.25) is 6.43 Å². The molecule has 1 atom stereocenters. The summed E-state index contributed by atoms with van der Waals surface area (Å²) in [4.78, 5) is 23.4. The summed E-state index contributed by atoms with van der Waals surface area (Å²) in [5, 5.41) is 11.7. The van der Waals surface area contributed by atoms with Crippen LogP contribution < -0.4 is 5.32 Å². The minimum Gasteiger partial charge on any atom is -0.480 e. The molecular formula is C17H17ClF2N2O3. The summed E-state index contributed by atoms with van der Waals surface area (Å²) < 4.78 is 26.7. The fourth-order valence-corrected chi connectivity index (χ4v) is 2.74. The van der Waals surface area contributed by atoms with Crippen LogP contribution in [0.3, 0.4) is 0 Å². The van der Waals surface area contributed by atoms with Gasteiger partial charge in [-0.15, -0.1) is 0 Å². The molecule has 5 nitrogen and oxygen atoms in total. The van der Waals surface area contributed by atoms with Crippen LogP contribution in [-0.4, -0.2) is 34.0 Å². The number of aromatic nitrogens is 1. The van der Waals surface area contributed by atoms with Crippen molar-refractivity contribution >= 4 is 23.5 Å². The van der Waals surface area contributed by atoms with Crippen LogP contribution >= 0.6 is 11.6 Å². The van der Waals surface area contributed by atoms with Gasteiger partial charge in [0.25, 0.3) is 5.91 Å². The lowest BCUT2D eigenvalue weighted by atomic mass is 10.1. The van der Waals surface area contributed by atoms with Crippen molar-refractivity contribution in [1.82, 2.24) is 9.88 Å². The Morgan fingerprint density at radius 1 is 1.24 bits per heavy atom. The van der Waals surface area contributed by atoms with E-state index in [2.05, 4.69) is 5.32 Å². The first-order valence-electron chi connectivity index (χ1n) is 7.47. The standard InChI is InChI=1S/C17H17ClF2N2O3/c1-9-7-13(16(23)21-14(17(24)25)8-15(19)20)10(2)22(9)12-5-3-11(18)4-6-12/h3-7,14-15H,8H2,1-2H3,(H,21,23)(H,24,25). The van der Waals surface area contributed by atoms with Gasteiger partial charge in [-0.25, -0.2) is 13.6 Å². The van der Waals surface area contributed by atoms with E-state index in [0.717, 1.165) is 11.4 Å². The summed E-state index contributed by atoms with van der Waals surface area (Å²) in [6, 6.07) is 6.91. The molecule has 0 saturated heterocycles. The number of nitrogens with zero attached hydrogens (tertiary/aromatic N) is 1. The number of carbonyl (C=O) groups is 2. The van der Waals surface area contributed by atoms with E-state index in [1.165, 1.54) is 0 Å². The molecule has 0 saturated carbocycles. The lowest BCUT2D eigenvalue weighted by Gasteiger charge is -2.14. The van der Waals surface area contributed by atoms with Crippen LogP contribution in [0.2, 0.25) is 5.02 Å². The van der Waals surface area contributed by atoms with E-state index in [-0.39, 0.29) is 5.56 Å². The molecule has 134 valence electrons. The number of hydrogen-bond acceptors (Lipinski definition) is 2. The van der Waals surface area contributed by atoms with Crippen molar-refractivity contribution in [2.24, 2.45) is 0 Å².